The lowest BCUT2D eigenvalue weighted by atomic mass is 10.1. The molecule has 3 aromatic carbocycles. The predicted octanol–water partition coefficient (Wildman–Crippen LogP) is 5.68. The lowest BCUT2D eigenvalue weighted by molar-refractivity contribution is -0.143. The largest absolute Gasteiger partial charge is 0.489 e. The van der Waals surface area contributed by atoms with Crippen LogP contribution in [0.2, 0.25) is 5.02 Å². The van der Waals surface area contributed by atoms with Gasteiger partial charge in [0, 0.05) is 18.6 Å². The molecule has 0 aliphatic heterocycles. The molecule has 0 unspecified atom stereocenters. The molecule has 3 rings (SSSR count). The second kappa shape index (κ2) is 12.5. The van der Waals surface area contributed by atoms with Crippen molar-refractivity contribution in [1.29, 1.82) is 0 Å². The summed E-state index contributed by atoms with van der Waals surface area (Å²) in [5.74, 6) is -0.336. The van der Waals surface area contributed by atoms with E-state index >= 15 is 0 Å². The van der Waals surface area contributed by atoms with E-state index in [-0.39, 0.29) is 19.8 Å². The fourth-order valence-electron chi connectivity index (χ4n) is 3.42. The summed E-state index contributed by atoms with van der Waals surface area (Å²) in [5, 5.41) is 0.441. The lowest BCUT2D eigenvalue weighted by Crippen LogP contribution is -2.44. The minimum Gasteiger partial charge on any atom is -0.489 e. The highest BCUT2D eigenvalue weighted by Crippen LogP contribution is 2.29. The predicted molar refractivity (Wildman–Crippen MR) is 138 cm³/mol. The molecule has 0 atom stereocenters. The van der Waals surface area contributed by atoms with E-state index in [1.165, 1.54) is 31.3 Å². The van der Waals surface area contributed by atoms with Gasteiger partial charge in [0.15, 0.2) is 0 Å². The minimum atomic E-state index is -4.43. The van der Waals surface area contributed by atoms with Gasteiger partial charge in [-0.25, -0.2) is 0 Å². The Bertz CT molecular complexity index is 1330. The van der Waals surface area contributed by atoms with Crippen LogP contribution >= 0.6 is 11.6 Å². The van der Waals surface area contributed by atoms with Crippen LogP contribution in [-0.4, -0.2) is 38.9 Å². The normalized spacial score (nSPS) is 11.9. The van der Waals surface area contributed by atoms with Crippen molar-refractivity contribution in [1.82, 2.24) is 4.31 Å². The lowest BCUT2D eigenvalue weighted by Gasteiger charge is -2.28. The topological polar surface area (TPSA) is 76.1 Å². The van der Waals surface area contributed by atoms with E-state index in [0.29, 0.717) is 27.6 Å². The summed E-state index contributed by atoms with van der Waals surface area (Å²) in [6.45, 7) is 1.02. The van der Waals surface area contributed by atoms with Crippen LogP contribution in [-0.2, 0) is 39.1 Å². The molecule has 0 radical (unpaired) electrons. The van der Waals surface area contributed by atoms with E-state index in [2.05, 4.69) is 0 Å². The third kappa shape index (κ3) is 7.86. The van der Waals surface area contributed by atoms with E-state index in [9.17, 15) is 26.4 Å². The van der Waals surface area contributed by atoms with Crippen molar-refractivity contribution in [3.8, 4) is 5.75 Å². The van der Waals surface area contributed by atoms with Crippen molar-refractivity contribution in [2.45, 2.75) is 26.3 Å². The molecule has 0 heterocycles. The van der Waals surface area contributed by atoms with Gasteiger partial charge >= 0.3 is 22.4 Å². The first kappa shape index (κ1) is 29.3. The minimum absolute atomic E-state index is 0.00569. The van der Waals surface area contributed by atoms with Crippen LogP contribution in [0.15, 0.2) is 72.8 Å². The smallest absolute Gasteiger partial charge is 0.416 e. The average molecular weight is 571 g/mol. The van der Waals surface area contributed by atoms with Gasteiger partial charge in [0.1, 0.15) is 18.9 Å². The van der Waals surface area contributed by atoms with Crippen molar-refractivity contribution >= 4 is 33.5 Å². The zero-order chi connectivity index (χ0) is 27.9. The number of rotatable bonds is 11. The highest BCUT2D eigenvalue weighted by Gasteiger charge is 2.31. The number of benzene rings is 3. The second-order valence-corrected chi connectivity index (χ2v) is 10.6. The van der Waals surface area contributed by atoms with Crippen LogP contribution in [0.4, 0.5) is 18.9 Å². The summed E-state index contributed by atoms with van der Waals surface area (Å²) in [5.41, 5.74) is 0.637. The number of nitrogens with zero attached hydrogens (tertiary/aromatic N) is 2. The summed E-state index contributed by atoms with van der Waals surface area (Å²) in [6, 6.07) is 17.3. The van der Waals surface area contributed by atoms with Crippen molar-refractivity contribution < 1.29 is 35.9 Å². The monoisotopic (exact) mass is 570 g/mol. The third-order valence-corrected chi connectivity index (χ3v) is 7.48. The number of hydrogen-bond acceptors (Lipinski definition) is 5. The summed E-state index contributed by atoms with van der Waals surface area (Å²) >= 11 is 5.91. The standard InChI is InChI=1S/C26H26ClF3N2O5S/c1-3-36-25(33)17-32(38(34,35)31(2)23-13-11-22(27)12-14-23)16-20-5-4-6-24(15-20)37-18-19-7-9-21(10-8-19)26(28,29)30/h4-15H,3,16-18H2,1-2H3. The number of hydrogen-bond donors (Lipinski definition) is 0. The van der Waals surface area contributed by atoms with Gasteiger partial charge in [-0.15, -0.1) is 0 Å². The number of anilines is 1. The van der Waals surface area contributed by atoms with E-state index < -0.39 is 34.5 Å². The van der Waals surface area contributed by atoms with Gasteiger partial charge in [-0.2, -0.15) is 25.9 Å². The van der Waals surface area contributed by atoms with E-state index in [1.807, 2.05) is 0 Å². The highest BCUT2D eigenvalue weighted by molar-refractivity contribution is 7.90. The number of ether oxygens (including phenoxy) is 2. The molecule has 3 aromatic rings. The maximum atomic E-state index is 13.5. The molecular weight excluding hydrogens is 545 g/mol. The first-order valence-electron chi connectivity index (χ1n) is 11.4. The summed E-state index contributed by atoms with van der Waals surface area (Å²) in [6.07, 6.45) is -4.43. The van der Waals surface area contributed by atoms with Gasteiger partial charge in [-0.05, 0) is 66.6 Å². The Labute approximate surface area is 224 Å². The van der Waals surface area contributed by atoms with E-state index in [1.54, 1.807) is 43.3 Å². The summed E-state index contributed by atoms with van der Waals surface area (Å²) < 4.78 is 77.9. The molecule has 204 valence electrons. The molecule has 0 aliphatic carbocycles. The van der Waals surface area contributed by atoms with Crippen LogP contribution in [0, 0.1) is 0 Å². The van der Waals surface area contributed by atoms with Crippen LogP contribution in [0.5, 0.6) is 5.75 Å². The molecule has 12 heteroatoms. The van der Waals surface area contributed by atoms with Crippen LogP contribution in [0.1, 0.15) is 23.6 Å². The average Bonchev–Trinajstić information content (AvgIpc) is 2.87. The van der Waals surface area contributed by atoms with Crippen LogP contribution in [0.3, 0.4) is 0 Å². The molecule has 0 aliphatic rings. The Morgan fingerprint density at radius 3 is 2.24 bits per heavy atom. The molecule has 0 saturated carbocycles. The van der Waals surface area contributed by atoms with Gasteiger partial charge in [0.2, 0.25) is 0 Å². The first-order chi connectivity index (χ1) is 17.9. The molecule has 38 heavy (non-hydrogen) atoms. The fraction of sp³-hybridized carbons (Fsp3) is 0.269. The molecule has 7 nitrogen and oxygen atoms in total. The summed E-state index contributed by atoms with van der Waals surface area (Å²) in [7, 11) is -2.81. The number of halogens is 4. The fourth-order valence-corrected chi connectivity index (χ4v) is 4.86. The zero-order valence-electron chi connectivity index (χ0n) is 20.6. The Morgan fingerprint density at radius 1 is 0.974 bits per heavy atom. The SMILES string of the molecule is CCOC(=O)CN(Cc1cccc(OCc2ccc(C(F)(F)F)cc2)c1)S(=O)(=O)N(C)c1ccc(Cl)cc1. The molecule has 0 spiro atoms. The van der Waals surface area contributed by atoms with E-state index in [0.717, 1.165) is 20.7 Å². The van der Waals surface area contributed by atoms with Gasteiger partial charge in [0.05, 0.1) is 17.9 Å². The Kier molecular flexibility index (Phi) is 9.64. The molecule has 0 N–H and O–H groups in total. The quantitative estimate of drug-likeness (QED) is 0.277. The number of carbonyl (C=O) groups excluding carboxylic acids is 1. The van der Waals surface area contributed by atoms with Crippen molar-refractivity contribution in [2.24, 2.45) is 0 Å². The van der Waals surface area contributed by atoms with Gasteiger partial charge in [0.25, 0.3) is 0 Å². The van der Waals surface area contributed by atoms with Gasteiger partial charge in [-0.1, -0.05) is 35.9 Å². The van der Waals surface area contributed by atoms with Gasteiger partial charge in [-0.3, -0.25) is 9.10 Å². The first-order valence-corrected chi connectivity index (χ1v) is 13.2. The number of alkyl halides is 3. The second-order valence-electron chi connectivity index (χ2n) is 8.16. The van der Waals surface area contributed by atoms with E-state index in [4.69, 9.17) is 21.1 Å². The maximum Gasteiger partial charge on any atom is 0.416 e. The number of carbonyl (C=O) groups is 1. The maximum absolute atomic E-state index is 13.5. The summed E-state index contributed by atoms with van der Waals surface area (Å²) in [4.78, 5) is 12.2. The van der Waals surface area contributed by atoms with Crippen LogP contribution < -0.4 is 9.04 Å². The third-order valence-electron chi connectivity index (χ3n) is 5.42. The molecule has 0 fully saturated rings. The van der Waals surface area contributed by atoms with Gasteiger partial charge < -0.3 is 9.47 Å². The van der Waals surface area contributed by atoms with Crippen molar-refractivity contribution in [3.63, 3.8) is 0 Å². The molecule has 0 aromatic heterocycles. The Balaban J connectivity index is 1.78. The molecule has 0 bridgehead atoms. The molecular formula is C26H26ClF3N2O5S. The van der Waals surface area contributed by atoms with Crippen molar-refractivity contribution in [3.05, 3.63) is 94.5 Å². The number of esters is 1. The molecule has 0 saturated heterocycles. The van der Waals surface area contributed by atoms with Crippen molar-refractivity contribution in [2.75, 3.05) is 24.5 Å². The molecule has 0 amide bonds. The zero-order valence-corrected chi connectivity index (χ0v) is 22.2. The Hall–Kier alpha value is -3.28. The highest BCUT2D eigenvalue weighted by atomic mass is 35.5. The Morgan fingerprint density at radius 2 is 1.63 bits per heavy atom. The van der Waals surface area contributed by atoms with Crippen LogP contribution in [0.25, 0.3) is 0 Å².